The van der Waals surface area contributed by atoms with Gasteiger partial charge in [-0.05, 0) is 59.0 Å². The van der Waals surface area contributed by atoms with Gasteiger partial charge in [-0.15, -0.1) is 0 Å². The predicted octanol–water partition coefficient (Wildman–Crippen LogP) is 5.32. The molecule has 0 bridgehead atoms. The summed E-state index contributed by atoms with van der Waals surface area (Å²) in [6.07, 6.45) is 0. The van der Waals surface area contributed by atoms with Gasteiger partial charge in [0.25, 0.3) is 11.8 Å². The molecule has 0 aliphatic carbocycles. The summed E-state index contributed by atoms with van der Waals surface area (Å²) in [4.78, 5) is 38.5. The number of carboxylic acid groups (broad SMARTS) is 1. The van der Waals surface area contributed by atoms with Crippen LogP contribution in [0.15, 0.2) is 66.7 Å². The summed E-state index contributed by atoms with van der Waals surface area (Å²) in [7, 11) is 0. The van der Waals surface area contributed by atoms with Gasteiger partial charge in [0.15, 0.2) is 0 Å². The largest absolute Gasteiger partial charge is 0.480 e. The lowest BCUT2D eigenvalue weighted by Gasteiger charge is -2.27. The number of amides is 2. The normalized spacial score (nSPS) is 13.7. The quantitative estimate of drug-likeness (QED) is 0.518. The van der Waals surface area contributed by atoms with E-state index in [-0.39, 0.29) is 24.3 Å². The standard InChI is InChI=1S/C26H23ClN2O4/c1-15(2)23(26(32)33)29-14-19-7-6-17(13-22(19)25(29)31)16-8-10-21(11-9-16)28-24(30)18-4-3-5-20(27)12-18/h3-13,15,23H,14H2,1-2H3,(H,28,30)(H,32,33)/t23-/m0/s1. The summed E-state index contributed by atoms with van der Waals surface area (Å²) in [5.74, 6) is -1.72. The van der Waals surface area contributed by atoms with Crippen LogP contribution >= 0.6 is 11.6 Å². The molecule has 2 N–H and O–H groups in total. The molecular weight excluding hydrogens is 440 g/mol. The van der Waals surface area contributed by atoms with Crippen molar-refractivity contribution in [3.8, 4) is 11.1 Å². The molecule has 1 aliphatic heterocycles. The molecule has 0 unspecified atom stereocenters. The molecule has 6 nitrogen and oxygen atoms in total. The molecule has 1 atom stereocenters. The summed E-state index contributed by atoms with van der Waals surface area (Å²) in [5.41, 5.74) is 4.16. The minimum Gasteiger partial charge on any atom is -0.480 e. The zero-order valence-electron chi connectivity index (χ0n) is 18.2. The van der Waals surface area contributed by atoms with Gasteiger partial charge in [-0.25, -0.2) is 4.79 Å². The van der Waals surface area contributed by atoms with Gasteiger partial charge in [0.1, 0.15) is 6.04 Å². The van der Waals surface area contributed by atoms with E-state index in [1.807, 2.05) is 24.3 Å². The van der Waals surface area contributed by atoms with Crippen molar-refractivity contribution in [2.75, 3.05) is 5.32 Å². The molecule has 0 fully saturated rings. The van der Waals surface area contributed by atoms with Crippen LogP contribution in [0.3, 0.4) is 0 Å². The molecule has 3 aromatic rings. The lowest BCUT2D eigenvalue weighted by Crippen LogP contribution is -2.44. The van der Waals surface area contributed by atoms with Crippen LogP contribution in [0.5, 0.6) is 0 Å². The first-order valence-electron chi connectivity index (χ1n) is 10.6. The van der Waals surface area contributed by atoms with Crippen LogP contribution in [0.4, 0.5) is 5.69 Å². The number of benzene rings is 3. The van der Waals surface area contributed by atoms with Crippen LogP contribution in [0.2, 0.25) is 5.02 Å². The average Bonchev–Trinajstić information content (AvgIpc) is 3.09. The maximum atomic E-state index is 13.0. The van der Waals surface area contributed by atoms with E-state index < -0.39 is 12.0 Å². The number of nitrogens with one attached hydrogen (secondary N) is 1. The fraction of sp³-hybridized carbons (Fsp3) is 0.192. The lowest BCUT2D eigenvalue weighted by molar-refractivity contribution is -0.144. The first-order valence-corrected chi connectivity index (χ1v) is 11.0. The van der Waals surface area contributed by atoms with Crippen LogP contribution in [0.1, 0.15) is 40.1 Å². The third kappa shape index (κ3) is 4.61. The molecule has 3 aromatic carbocycles. The third-order valence-corrected chi connectivity index (χ3v) is 5.96. The molecule has 0 saturated heterocycles. The van der Waals surface area contributed by atoms with Crippen LogP contribution < -0.4 is 5.32 Å². The summed E-state index contributed by atoms with van der Waals surface area (Å²) < 4.78 is 0. The number of hydrogen-bond acceptors (Lipinski definition) is 3. The van der Waals surface area contributed by atoms with E-state index in [4.69, 9.17) is 11.6 Å². The summed E-state index contributed by atoms with van der Waals surface area (Å²) in [6, 6.07) is 18.7. The van der Waals surface area contributed by atoms with E-state index >= 15 is 0 Å². The summed E-state index contributed by atoms with van der Waals surface area (Å²) in [6.45, 7) is 3.89. The van der Waals surface area contributed by atoms with Crippen molar-refractivity contribution < 1.29 is 19.5 Å². The number of carbonyl (C=O) groups excluding carboxylic acids is 2. The fourth-order valence-corrected chi connectivity index (χ4v) is 4.28. The second-order valence-corrected chi connectivity index (χ2v) is 8.81. The number of carbonyl (C=O) groups is 3. The number of halogens is 1. The molecule has 0 aromatic heterocycles. The lowest BCUT2D eigenvalue weighted by atomic mass is 10.00. The van der Waals surface area contributed by atoms with Gasteiger partial charge in [-0.2, -0.15) is 0 Å². The van der Waals surface area contributed by atoms with Gasteiger partial charge in [0.2, 0.25) is 0 Å². The Balaban J connectivity index is 1.52. The number of carboxylic acids is 1. The maximum absolute atomic E-state index is 13.0. The highest BCUT2D eigenvalue weighted by molar-refractivity contribution is 6.31. The van der Waals surface area contributed by atoms with Crippen molar-refractivity contribution >= 4 is 35.1 Å². The third-order valence-electron chi connectivity index (χ3n) is 5.73. The van der Waals surface area contributed by atoms with Crippen LogP contribution in [0, 0.1) is 5.92 Å². The zero-order chi connectivity index (χ0) is 23.7. The van der Waals surface area contributed by atoms with Gasteiger partial charge in [0, 0.05) is 28.4 Å². The van der Waals surface area contributed by atoms with E-state index in [2.05, 4.69) is 5.32 Å². The van der Waals surface area contributed by atoms with Gasteiger partial charge in [-0.1, -0.05) is 55.8 Å². The van der Waals surface area contributed by atoms with E-state index in [1.165, 1.54) is 4.90 Å². The van der Waals surface area contributed by atoms with Crippen molar-refractivity contribution in [3.05, 3.63) is 88.4 Å². The number of hydrogen-bond donors (Lipinski definition) is 2. The van der Waals surface area contributed by atoms with Crippen LogP contribution in [-0.4, -0.2) is 33.8 Å². The first kappa shape index (κ1) is 22.6. The molecule has 7 heteroatoms. The monoisotopic (exact) mass is 462 g/mol. The Morgan fingerprint density at radius 3 is 2.33 bits per heavy atom. The Morgan fingerprint density at radius 2 is 1.70 bits per heavy atom. The zero-order valence-corrected chi connectivity index (χ0v) is 19.0. The van der Waals surface area contributed by atoms with Gasteiger partial charge < -0.3 is 15.3 Å². The minimum absolute atomic E-state index is 0.199. The van der Waals surface area contributed by atoms with Crippen molar-refractivity contribution in [2.45, 2.75) is 26.4 Å². The second kappa shape index (κ2) is 9.08. The Labute approximate surface area is 196 Å². The SMILES string of the molecule is CC(C)[C@@H](C(=O)O)N1Cc2ccc(-c3ccc(NC(=O)c4cccc(Cl)c4)cc3)cc2C1=O. The molecule has 33 heavy (non-hydrogen) atoms. The predicted molar refractivity (Wildman–Crippen MR) is 127 cm³/mol. The minimum atomic E-state index is -0.998. The molecule has 4 rings (SSSR count). The molecule has 2 amide bonds. The molecular formula is C26H23ClN2O4. The number of anilines is 1. The number of nitrogens with zero attached hydrogens (tertiary/aromatic N) is 1. The number of aliphatic carboxylic acids is 1. The number of rotatable bonds is 6. The smallest absolute Gasteiger partial charge is 0.326 e. The Kier molecular flexibility index (Phi) is 6.20. The van der Waals surface area contributed by atoms with Crippen molar-refractivity contribution in [2.24, 2.45) is 5.92 Å². The van der Waals surface area contributed by atoms with E-state index in [0.29, 0.717) is 21.8 Å². The van der Waals surface area contributed by atoms with Crippen molar-refractivity contribution in [1.29, 1.82) is 0 Å². The highest BCUT2D eigenvalue weighted by Crippen LogP contribution is 2.31. The highest BCUT2D eigenvalue weighted by Gasteiger charge is 2.38. The van der Waals surface area contributed by atoms with Gasteiger partial charge in [0.05, 0.1) is 0 Å². The topological polar surface area (TPSA) is 86.7 Å². The maximum Gasteiger partial charge on any atom is 0.326 e. The molecule has 168 valence electrons. The van der Waals surface area contributed by atoms with Gasteiger partial charge in [-0.3, -0.25) is 9.59 Å². The highest BCUT2D eigenvalue weighted by atomic mass is 35.5. The van der Waals surface area contributed by atoms with E-state index in [1.54, 1.807) is 56.3 Å². The Bertz CT molecular complexity index is 1240. The van der Waals surface area contributed by atoms with E-state index in [9.17, 15) is 19.5 Å². The molecule has 0 spiro atoms. The van der Waals surface area contributed by atoms with Crippen molar-refractivity contribution in [1.82, 2.24) is 4.90 Å². The van der Waals surface area contributed by atoms with E-state index in [0.717, 1.165) is 16.7 Å². The summed E-state index contributed by atoms with van der Waals surface area (Å²) >= 11 is 5.95. The summed E-state index contributed by atoms with van der Waals surface area (Å²) in [5, 5.41) is 12.9. The second-order valence-electron chi connectivity index (χ2n) is 8.37. The molecule has 1 aliphatic rings. The van der Waals surface area contributed by atoms with Gasteiger partial charge >= 0.3 is 5.97 Å². The molecule has 0 radical (unpaired) electrons. The molecule has 1 heterocycles. The fourth-order valence-electron chi connectivity index (χ4n) is 4.09. The van der Waals surface area contributed by atoms with Crippen LogP contribution in [-0.2, 0) is 11.3 Å². The average molecular weight is 463 g/mol. The Morgan fingerprint density at radius 1 is 1.00 bits per heavy atom. The van der Waals surface area contributed by atoms with Crippen molar-refractivity contribution in [3.63, 3.8) is 0 Å². The number of fused-ring (bicyclic) bond motifs is 1. The molecule has 0 saturated carbocycles. The Hall–Kier alpha value is -3.64. The van der Waals surface area contributed by atoms with Crippen LogP contribution in [0.25, 0.3) is 11.1 Å². The first-order chi connectivity index (χ1) is 15.7.